The standard InChI is InChI=1S/C19H12N4O2S/c24-23(25)12-9-10-13-14(11-12)21-19(20-13)22-15-5-1-3-7-17(15)26-18-8-4-2-6-16(18)22/h1-11H,(H,20,21). The Balaban J connectivity index is 1.73. The van der Waals surface area contributed by atoms with Crippen LogP contribution < -0.4 is 4.90 Å². The van der Waals surface area contributed by atoms with E-state index < -0.39 is 4.92 Å². The first-order valence-electron chi connectivity index (χ1n) is 8.01. The van der Waals surface area contributed by atoms with Gasteiger partial charge in [-0.3, -0.25) is 15.0 Å². The quantitative estimate of drug-likeness (QED) is 0.337. The maximum Gasteiger partial charge on any atom is 0.271 e. The van der Waals surface area contributed by atoms with Crippen molar-refractivity contribution in [1.29, 1.82) is 0 Å². The van der Waals surface area contributed by atoms with Gasteiger partial charge in [-0.2, -0.15) is 0 Å². The Morgan fingerprint density at radius 2 is 1.62 bits per heavy atom. The molecule has 0 atom stereocenters. The molecule has 0 radical (unpaired) electrons. The average molecular weight is 360 g/mol. The number of imidazole rings is 1. The fourth-order valence-electron chi connectivity index (χ4n) is 3.13. The fraction of sp³-hybridized carbons (Fsp3) is 0. The van der Waals surface area contributed by atoms with Crippen molar-refractivity contribution in [2.75, 3.05) is 4.90 Å². The van der Waals surface area contributed by atoms with E-state index in [0.717, 1.165) is 26.7 Å². The van der Waals surface area contributed by atoms with Crippen molar-refractivity contribution in [3.05, 3.63) is 76.8 Å². The minimum Gasteiger partial charge on any atom is -0.323 e. The number of benzene rings is 3. The molecule has 0 unspecified atom stereocenters. The van der Waals surface area contributed by atoms with Gasteiger partial charge in [0.05, 0.1) is 27.3 Å². The Hall–Kier alpha value is -3.32. The molecule has 6 nitrogen and oxygen atoms in total. The number of H-pyrrole nitrogens is 1. The predicted octanol–water partition coefficient (Wildman–Crippen LogP) is 5.41. The summed E-state index contributed by atoms with van der Waals surface area (Å²) >= 11 is 1.72. The van der Waals surface area contributed by atoms with Crippen molar-refractivity contribution in [3.8, 4) is 0 Å². The number of para-hydroxylation sites is 2. The number of rotatable bonds is 2. The van der Waals surface area contributed by atoms with Gasteiger partial charge >= 0.3 is 0 Å². The number of anilines is 3. The summed E-state index contributed by atoms with van der Waals surface area (Å²) in [7, 11) is 0. The summed E-state index contributed by atoms with van der Waals surface area (Å²) in [6.45, 7) is 0. The van der Waals surface area contributed by atoms with Gasteiger partial charge in [-0.1, -0.05) is 36.0 Å². The summed E-state index contributed by atoms with van der Waals surface area (Å²) in [5.74, 6) is 0.640. The van der Waals surface area contributed by atoms with Gasteiger partial charge < -0.3 is 4.98 Å². The van der Waals surface area contributed by atoms with E-state index in [1.807, 2.05) is 36.4 Å². The highest BCUT2D eigenvalue weighted by molar-refractivity contribution is 7.99. The van der Waals surface area contributed by atoms with Crippen molar-refractivity contribution >= 4 is 45.8 Å². The van der Waals surface area contributed by atoms with E-state index in [4.69, 9.17) is 0 Å². The van der Waals surface area contributed by atoms with Crippen molar-refractivity contribution < 1.29 is 4.92 Å². The average Bonchev–Trinajstić information content (AvgIpc) is 3.08. The normalized spacial score (nSPS) is 12.7. The number of hydrogen-bond donors (Lipinski definition) is 1. The first-order valence-corrected chi connectivity index (χ1v) is 8.82. The number of nitrogens with one attached hydrogen (secondary N) is 1. The molecule has 0 saturated carbocycles. The van der Waals surface area contributed by atoms with E-state index >= 15 is 0 Å². The lowest BCUT2D eigenvalue weighted by atomic mass is 10.2. The molecule has 3 aromatic carbocycles. The molecule has 1 N–H and O–H groups in total. The van der Waals surface area contributed by atoms with Gasteiger partial charge in [-0.05, 0) is 30.3 Å². The van der Waals surface area contributed by atoms with Crippen LogP contribution in [0, 0.1) is 10.1 Å². The van der Waals surface area contributed by atoms with Crippen molar-refractivity contribution in [2.45, 2.75) is 9.79 Å². The number of aromatic nitrogens is 2. The number of nitrogens with zero attached hydrogens (tertiary/aromatic N) is 3. The van der Waals surface area contributed by atoms with E-state index in [0.29, 0.717) is 11.5 Å². The van der Waals surface area contributed by atoms with E-state index in [1.165, 1.54) is 12.1 Å². The molecule has 0 fully saturated rings. The van der Waals surface area contributed by atoms with Gasteiger partial charge in [0, 0.05) is 21.9 Å². The van der Waals surface area contributed by atoms with Crippen LogP contribution in [0.5, 0.6) is 0 Å². The fourth-order valence-corrected chi connectivity index (χ4v) is 4.19. The molecule has 7 heteroatoms. The maximum atomic E-state index is 11.0. The third kappa shape index (κ3) is 2.25. The molecule has 0 bridgehead atoms. The largest absolute Gasteiger partial charge is 0.323 e. The smallest absolute Gasteiger partial charge is 0.271 e. The molecule has 26 heavy (non-hydrogen) atoms. The summed E-state index contributed by atoms with van der Waals surface area (Å²) < 4.78 is 0. The Labute approximate surface area is 152 Å². The van der Waals surface area contributed by atoms with Gasteiger partial charge in [0.2, 0.25) is 5.95 Å². The molecule has 0 saturated heterocycles. The molecule has 2 heterocycles. The molecule has 126 valence electrons. The Morgan fingerprint density at radius 1 is 0.962 bits per heavy atom. The lowest BCUT2D eigenvalue weighted by Gasteiger charge is -2.30. The van der Waals surface area contributed by atoms with Gasteiger partial charge in [-0.15, -0.1) is 0 Å². The molecule has 0 amide bonds. The second-order valence-corrected chi connectivity index (χ2v) is 6.98. The van der Waals surface area contributed by atoms with E-state index in [1.54, 1.807) is 17.8 Å². The number of nitro benzene ring substituents is 1. The third-order valence-corrected chi connectivity index (χ3v) is 5.44. The Kier molecular flexibility index (Phi) is 3.23. The molecule has 1 aromatic heterocycles. The van der Waals surface area contributed by atoms with Crippen LogP contribution >= 0.6 is 11.8 Å². The molecular weight excluding hydrogens is 348 g/mol. The summed E-state index contributed by atoms with van der Waals surface area (Å²) in [5.41, 5.74) is 3.43. The monoisotopic (exact) mass is 360 g/mol. The van der Waals surface area contributed by atoms with Crippen LogP contribution in [0.3, 0.4) is 0 Å². The zero-order valence-electron chi connectivity index (χ0n) is 13.4. The maximum absolute atomic E-state index is 11.0. The third-order valence-electron chi connectivity index (χ3n) is 4.31. The minimum absolute atomic E-state index is 0.0329. The highest BCUT2D eigenvalue weighted by Gasteiger charge is 2.26. The van der Waals surface area contributed by atoms with Gasteiger partial charge in [0.1, 0.15) is 0 Å². The first kappa shape index (κ1) is 15.0. The Morgan fingerprint density at radius 3 is 2.27 bits per heavy atom. The summed E-state index contributed by atoms with van der Waals surface area (Å²) in [5, 5.41) is 11.0. The van der Waals surface area contributed by atoms with Crippen molar-refractivity contribution in [1.82, 2.24) is 9.97 Å². The Bertz CT molecular complexity index is 1130. The van der Waals surface area contributed by atoms with Gasteiger partial charge in [-0.25, -0.2) is 4.98 Å². The molecule has 1 aliphatic heterocycles. The van der Waals surface area contributed by atoms with E-state index in [2.05, 4.69) is 27.0 Å². The number of fused-ring (bicyclic) bond motifs is 3. The number of non-ortho nitro benzene ring substituents is 1. The van der Waals surface area contributed by atoms with Crippen LogP contribution in [-0.4, -0.2) is 14.9 Å². The number of nitro groups is 1. The van der Waals surface area contributed by atoms with E-state index in [-0.39, 0.29) is 5.69 Å². The van der Waals surface area contributed by atoms with E-state index in [9.17, 15) is 10.1 Å². The zero-order valence-corrected chi connectivity index (χ0v) is 14.2. The minimum atomic E-state index is -0.407. The summed E-state index contributed by atoms with van der Waals surface area (Å²) in [6.07, 6.45) is 0. The van der Waals surface area contributed by atoms with Crippen molar-refractivity contribution in [2.24, 2.45) is 0 Å². The second kappa shape index (κ2) is 5.60. The predicted molar refractivity (Wildman–Crippen MR) is 102 cm³/mol. The number of hydrogen-bond acceptors (Lipinski definition) is 5. The van der Waals surface area contributed by atoms with Crippen LogP contribution in [0.4, 0.5) is 23.0 Å². The SMILES string of the molecule is O=[N+]([O-])c1ccc2[nH]c(N3c4ccccc4Sc4ccccc43)nc2c1. The molecule has 0 spiro atoms. The molecular formula is C19H12N4O2S. The highest BCUT2D eigenvalue weighted by Crippen LogP contribution is 2.50. The summed E-state index contributed by atoms with van der Waals surface area (Å²) in [4.78, 5) is 22.9. The lowest BCUT2D eigenvalue weighted by Crippen LogP contribution is -2.15. The summed E-state index contributed by atoms with van der Waals surface area (Å²) in [6, 6.07) is 20.9. The van der Waals surface area contributed by atoms with Crippen LogP contribution in [0.2, 0.25) is 0 Å². The van der Waals surface area contributed by atoms with Gasteiger partial charge in [0.25, 0.3) is 5.69 Å². The zero-order chi connectivity index (χ0) is 17.7. The van der Waals surface area contributed by atoms with Crippen LogP contribution in [-0.2, 0) is 0 Å². The van der Waals surface area contributed by atoms with Crippen molar-refractivity contribution in [3.63, 3.8) is 0 Å². The molecule has 0 aliphatic carbocycles. The first-order chi connectivity index (χ1) is 12.7. The molecule has 1 aliphatic rings. The molecule has 4 aromatic rings. The van der Waals surface area contributed by atoms with Crippen LogP contribution in [0.25, 0.3) is 11.0 Å². The van der Waals surface area contributed by atoms with Gasteiger partial charge in [0.15, 0.2) is 0 Å². The molecule has 5 rings (SSSR count). The van der Waals surface area contributed by atoms with Crippen LogP contribution in [0.1, 0.15) is 0 Å². The number of aromatic amines is 1. The van der Waals surface area contributed by atoms with Crippen LogP contribution in [0.15, 0.2) is 76.5 Å². The second-order valence-electron chi connectivity index (χ2n) is 5.89. The lowest BCUT2D eigenvalue weighted by molar-refractivity contribution is -0.384. The highest BCUT2D eigenvalue weighted by atomic mass is 32.2. The topological polar surface area (TPSA) is 75.1 Å².